The Morgan fingerprint density at radius 1 is 0.309 bits per heavy atom. The first kappa shape index (κ1) is 31.3. The maximum atomic E-state index is 4.54. The third-order valence-corrected chi connectivity index (χ3v) is 11.2. The molecule has 0 aliphatic rings. The number of hydrogen-bond donors (Lipinski definition) is 0. The predicted molar refractivity (Wildman–Crippen MR) is 233 cm³/mol. The SMILES string of the molecule is c1ccc(-c2ccc3c(c2)c2cnccc2n3-c2cccc(-c3cccc(-c4c5ccccc5c(-c5ccc6ccccc6c5)c5ccccc45)c3)c2)cc1. The Morgan fingerprint density at radius 2 is 0.855 bits per heavy atom. The molecule has 0 radical (unpaired) electrons. The zero-order valence-electron chi connectivity index (χ0n) is 30.0. The molecule has 0 N–H and O–H groups in total. The molecule has 0 atom stereocenters. The largest absolute Gasteiger partial charge is 0.309 e. The fourth-order valence-electron chi connectivity index (χ4n) is 8.73. The molecule has 0 spiro atoms. The van der Waals surface area contributed by atoms with Gasteiger partial charge in [-0.3, -0.25) is 4.98 Å². The molecule has 0 fully saturated rings. The van der Waals surface area contributed by atoms with Gasteiger partial charge in [0, 0.05) is 28.9 Å². The number of rotatable bonds is 5. The van der Waals surface area contributed by atoms with Crippen LogP contribution < -0.4 is 0 Å². The van der Waals surface area contributed by atoms with Gasteiger partial charge in [0.2, 0.25) is 0 Å². The Kier molecular flexibility index (Phi) is 7.21. The molecule has 0 aliphatic carbocycles. The third-order valence-electron chi connectivity index (χ3n) is 11.2. The van der Waals surface area contributed by atoms with E-state index in [-0.39, 0.29) is 0 Å². The Hall–Kier alpha value is -7.29. The van der Waals surface area contributed by atoms with E-state index in [1.54, 1.807) is 0 Å². The summed E-state index contributed by atoms with van der Waals surface area (Å²) < 4.78 is 2.38. The standard InChI is InChI=1S/C53H34N2/c1-2-12-35(13-3-1)40-26-27-50-48(33-40)49-34-54-29-28-51(49)55(50)43-19-11-17-39(32-43)38-16-10-18-41(31-38)52-44-20-6-8-22-46(44)53(47-23-9-7-21-45(47)52)42-25-24-36-14-4-5-15-37(36)30-42/h1-34H. The molecule has 256 valence electrons. The van der Waals surface area contributed by atoms with E-state index in [9.17, 15) is 0 Å². The topological polar surface area (TPSA) is 17.8 Å². The number of pyridine rings is 1. The highest BCUT2D eigenvalue weighted by Crippen LogP contribution is 2.45. The van der Waals surface area contributed by atoms with Crippen molar-refractivity contribution in [1.82, 2.24) is 9.55 Å². The lowest BCUT2D eigenvalue weighted by atomic mass is 9.85. The van der Waals surface area contributed by atoms with Crippen molar-refractivity contribution in [2.45, 2.75) is 0 Å². The highest BCUT2D eigenvalue weighted by atomic mass is 15.0. The minimum absolute atomic E-state index is 1.12. The highest BCUT2D eigenvalue weighted by molar-refractivity contribution is 6.22. The van der Waals surface area contributed by atoms with Crippen molar-refractivity contribution < 1.29 is 0 Å². The maximum Gasteiger partial charge on any atom is 0.0571 e. The first-order valence-electron chi connectivity index (χ1n) is 18.9. The zero-order chi connectivity index (χ0) is 36.3. The van der Waals surface area contributed by atoms with Gasteiger partial charge in [0.05, 0.1) is 11.0 Å². The molecular weight excluding hydrogens is 665 g/mol. The lowest BCUT2D eigenvalue weighted by Crippen LogP contribution is -1.94. The summed E-state index contributed by atoms with van der Waals surface area (Å²) in [7, 11) is 0. The summed E-state index contributed by atoms with van der Waals surface area (Å²) >= 11 is 0. The monoisotopic (exact) mass is 698 g/mol. The molecular formula is C53H34N2. The maximum absolute atomic E-state index is 4.54. The quantitative estimate of drug-likeness (QED) is 0.164. The van der Waals surface area contributed by atoms with Gasteiger partial charge in [-0.05, 0) is 119 Å². The van der Waals surface area contributed by atoms with Gasteiger partial charge in [0.15, 0.2) is 0 Å². The van der Waals surface area contributed by atoms with Crippen molar-refractivity contribution in [3.8, 4) is 50.2 Å². The minimum Gasteiger partial charge on any atom is -0.309 e. The molecule has 0 unspecified atom stereocenters. The van der Waals surface area contributed by atoms with Gasteiger partial charge in [-0.25, -0.2) is 0 Å². The van der Waals surface area contributed by atoms with Crippen LogP contribution in [-0.2, 0) is 0 Å². The van der Waals surface area contributed by atoms with Crippen molar-refractivity contribution in [3.05, 3.63) is 207 Å². The average molecular weight is 699 g/mol. The van der Waals surface area contributed by atoms with Crippen LogP contribution in [-0.4, -0.2) is 9.55 Å². The lowest BCUT2D eigenvalue weighted by Gasteiger charge is -2.18. The van der Waals surface area contributed by atoms with Gasteiger partial charge >= 0.3 is 0 Å². The van der Waals surface area contributed by atoms with Crippen LogP contribution in [0.5, 0.6) is 0 Å². The molecule has 2 heterocycles. The van der Waals surface area contributed by atoms with E-state index < -0.39 is 0 Å². The Morgan fingerprint density at radius 3 is 1.60 bits per heavy atom. The van der Waals surface area contributed by atoms with Gasteiger partial charge in [-0.2, -0.15) is 0 Å². The van der Waals surface area contributed by atoms with Gasteiger partial charge in [0.1, 0.15) is 0 Å². The van der Waals surface area contributed by atoms with Gasteiger partial charge in [-0.15, -0.1) is 0 Å². The predicted octanol–water partition coefficient (Wildman–Crippen LogP) is 14.3. The first-order valence-corrected chi connectivity index (χ1v) is 18.9. The number of fused-ring (bicyclic) bond motifs is 6. The Balaban J connectivity index is 1.07. The van der Waals surface area contributed by atoms with Crippen molar-refractivity contribution >= 4 is 54.1 Å². The lowest BCUT2D eigenvalue weighted by molar-refractivity contribution is 1.17. The van der Waals surface area contributed by atoms with Crippen LogP contribution in [0.2, 0.25) is 0 Å². The molecule has 2 aromatic heterocycles. The van der Waals surface area contributed by atoms with E-state index >= 15 is 0 Å². The Labute approximate surface area is 319 Å². The van der Waals surface area contributed by atoms with Crippen LogP contribution in [0.3, 0.4) is 0 Å². The van der Waals surface area contributed by atoms with Crippen molar-refractivity contribution in [2.24, 2.45) is 0 Å². The molecule has 11 rings (SSSR count). The van der Waals surface area contributed by atoms with Crippen LogP contribution in [0.25, 0.3) is 104 Å². The second-order valence-electron chi connectivity index (χ2n) is 14.4. The minimum atomic E-state index is 1.12. The summed E-state index contributed by atoms with van der Waals surface area (Å²) in [6.07, 6.45) is 3.89. The molecule has 0 bridgehead atoms. The van der Waals surface area contributed by atoms with E-state index in [4.69, 9.17) is 0 Å². The summed E-state index contributed by atoms with van der Waals surface area (Å²) in [5.41, 5.74) is 13.2. The summed E-state index contributed by atoms with van der Waals surface area (Å²) in [5.74, 6) is 0. The molecule has 2 heteroatoms. The van der Waals surface area contributed by atoms with E-state index in [1.807, 2.05) is 12.4 Å². The smallest absolute Gasteiger partial charge is 0.0571 e. The fourth-order valence-corrected chi connectivity index (χ4v) is 8.73. The third kappa shape index (κ3) is 5.15. The van der Waals surface area contributed by atoms with Crippen LogP contribution >= 0.6 is 0 Å². The molecule has 9 aromatic carbocycles. The summed E-state index contributed by atoms with van der Waals surface area (Å²) in [6.45, 7) is 0. The molecule has 0 aliphatic heterocycles. The fraction of sp³-hybridized carbons (Fsp3) is 0. The molecule has 0 amide bonds. The highest BCUT2D eigenvalue weighted by Gasteiger charge is 2.18. The van der Waals surface area contributed by atoms with Gasteiger partial charge < -0.3 is 4.57 Å². The first-order chi connectivity index (χ1) is 27.3. The summed E-state index contributed by atoms with van der Waals surface area (Å²) in [6, 6.07) is 70.8. The average Bonchev–Trinajstić information content (AvgIpc) is 3.59. The van der Waals surface area contributed by atoms with Crippen LogP contribution in [0, 0.1) is 0 Å². The van der Waals surface area contributed by atoms with Gasteiger partial charge in [0.25, 0.3) is 0 Å². The van der Waals surface area contributed by atoms with Crippen LogP contribution in [0.1, 0.15) is 0 Å². The van der Waals surface area contributed by atoms with Crippen LogP contribution in [0.4, 0.5) is 0 Å². The Bertz CT molecular complexity index is 3200. The molecule has 55 heavy (non-hydrogen) atoms. The van der Waals surface area contributed by atoms with Crippen molar-refractivity contribution in [1.29, 1.82) is 0 Å². The van der Waals surface area contributed by atoms with Crippen molar-refractivity contribution in [2.75, 3.05) is 0 Å². The molecule has 2 nitrogen and oxygen atoms in total. The number of benzene rings is 9. The number of nitrogens with zero attached hydrogens (tertiary/aromatic N) is 2. The number of hydrogen-bond acceptors (Lipinski definition) is 1. The second kappa shape index (κ2) is 12.7. The number of aromatic nitrogens is 2. The van der Waals surface area contributed by atoms with E-state index in [0.717, 1.165) is 22.1 Å². The van der Waals surface area contributed by atoms with E-state index in [1.165, 1.54) is 82.2 Å². The molecule has 0 saturated carbocycles. The normalized spacial score (nSPS) is 11.6. The van der Waals surface area contributed by atoms with E-state index in [0.29, 0.717) is 0 Å². The summed E-state index contributed by atoms with van der Waals surface area (Å²) in [4.78, 5) is 4.54. The van der Waals surface area contributed by atoms with E-state index in [2.05, 4.69) is 204 Å². The van der Waals surface area contributed by atoms with Crippen molar-refractivity contribution in [3.63, 3.8) is 0 Å². The second-order valence-corrected chi connectivity index (χ2v) is 14.4. The molecule has 0 saturated heterocycles. The van der Waals surface area contributed by atoms with Crippen LogP contribution in [0.15, 0.2) is 207 Å². The molecule has 11 aromatic rings. The van der Waals surface area contributed by atoms with Gasteiger partial charge in [-0.1, -0.05) is 152 Å². The summed E-state index contributed by atoms with van der Waals surface area (Å²) in [5, 5.41) is 9.88. The zero-order valence-corrected chi connectivity index (χ0v) is 30.0.